The fourth-order valence-electron chi connectivity index (χ4n) is 2.58. The molecule has 3 rings (SSSR count). The van der Waals surface area contributed by atoms with Crippen molar-refractivity contribution < 1.29 is 0 Å². The number of hydrogen-bond acceptors (Lipinski definition) is 3. The molecule has 4 nitrogen and oxygen atoms in total. The summed E-state index contributed by atoms with van der Waals surface area (Å²) < 4.78 is 0.641. The summed E-state index contributed by atoms with van der Waals surface area (Å²) in [5, 5.41) is 4.62. The zero-order valence-electron chi connectivity index (χ0n) is 8.69. The zero-order chi connectivity index (χ0) is 10.3. The Morgan fingerprint density at radius 2 is 2.00 bits per heavy atom. The summed E-state index contributed by atoms with van der Waals surface area (Å²) in [6.45, 7) is 2.09. The molecule has 78 valence electrons. The third kappa shape index (κ3) is 1.18. The van der Waals surface area contributed by atoms with Crippen molar-refractivity contribution >= 4 is 11.7 Å². The van der Waals surface area contributed by atoms with Crippen LogP contribution < -0.4 is 10.3 Å². The second kappa shape index (κ2) is 3.03. The van der Waals surface area contributed by atoms with Crippen LogP contribution >= 0.6 is 0 Å². The summed E-state index contributed by atoms with van der Waals surface area (Å²) >= 11 is 0. The molecule has 2 N–H and O–H groups in total. The van der Waals surface area contributed by atoms with Gasteiger partial charge in [-0.25, -0.2) is 4.98 Å². The lowest BCUT2D eigenvalue weighted by Gasteiger charge is -2.30. The molecular formula is C11H15N4+. The van der Waals surface area contributed by atoms with Gasteiger partial charge in [0.25, 0.3) is 5.82 Å². The second-order valence-corrected chi connectivity index (χ2v) is 4.29. The van der Waals surface area contributed by atoms with Gasteiger partial charge < -0.3 is 5.73 Å². The monoisotopic (exact) mass is 203 g/mol. The lowest BCUT2D eigenvalue weighted by atomic mass is 10.1. The maximum atomic E-state index is 5.95. The number of fused-ring (bicyclic) bond motifs is 2. The number of aromatic nitrogens is 1. The van der Waals surface area contributed by atoms with Crippen LogP contribution in [0.25, 0.3) is 0 Å². The Kier molecular flexibility index (Phi) is 1.79. The SMILES string of the molecule is NC1=N[N+]2(CCCCC2)c2ncccc21. The number of amidine groups is 1. The lowest BCUT2D eigenvalue weighted by Crippen LogP contribution is -2.47. The minimum Gasteiger partial charge on any atom is -0.379 e. The number of quaternary nitrogens is 1. The third-order valence-electron chi connectivity index (χ3n) is 3.31. The molecular weight excluding hydrogens is 188 g/mol. The van der Waals surface area contributed by atoms with E-state index in [0.717, 1.165) is 24.5 Å². The first-order chi connectivity index (χ1) is 7.32. The van der Waals surface area contributed by atoms with Gasteiger partial charge in [0, 0.05) is 6.20 Å². The molecule has 2 aliphatic rings. The first-order valence-electron chi connectivity index (χ1n) is 5.51. The van der Waals surface area contributed by atoms with E-state index in [1.165, 1.54) is 19.3 Å². The molecule has 0 saturated carbocycles. The number of rotatable bonds is 0. The van der Waals surface area contributed by atoms with Crippen LogP contribution in [0.2, 0.25) is 0 Å². The summed E-state index contributed by atoms with van der Waals surface area (Å²) in [5.74, 6) is 1.70. The maximum absolute atomic E-state index is 5.95. The van der Waals surface area contributed by atoms with Crippen molar-refractivity contribution in [3.05, 3.63) is 23.9 Å². The fourth-order valence-corrected chi connectivity index (χ4v) is 2.58. The van der Waals surface area contributed by atoms with Gasteiger partial charge in [-0.3, -0.25) is 0 Å². The molecule has 2 aliphatic heterocycles. The van der Waals surface area contributed by atoms with E-state index >= 15 is 0 Å². The molecule has 0 amide bonds. The number of hydrogen-bond donors (Lipinski definition) is 1. The van der Waals surface area contributed by atoms with Gasteiger partial charge in [0.15, 0.2) is 5.84 Å². The van der Waals surface area contributed by atoms with Crippen LogP contribution in [0, 0.1) is 0 Å². The summed E-state index contributed by atoms with van der Waals surface area (Å²) in [4.78, 5) is 4.46. The Bertz CT molecular complexity index is 418. The van der Waals surface area contributed by atoms with Gasteiger partial charge in [-0.1, -0.05) is 5.10 Å². The first-order valence-corrected chi connectivity index (χ1v) is 5.51. The van der Waals surface area contributed by atoms with Crippen LogP contribution in [-0.4, -0.2) is 23.9 Å². The first kappa shape index (κ1) is 8.85. The highest BCUT2D eigenvalue weighted by Crippen LogP contribution is 2.34. The summed E-state index contributed by atoms with van der Waals surface area (Å²) in [7, 11) is 0. The van der Waals surface area contributed by atoms with Crippen molar-refractivity contribution in [2.75, 3.05) is 13.1 Å². The molecule has 1 aromatic rings. The number of piperidine rings is 1. The van der Waals surface area contributed by atoms with E-state index in [9.17, 15) is 0 Å². The van der Waals surface area contributed by atoms with Gasteiger partial charge in [0.2, 0.25) is 0 Å². The predicted octanol–water partition coefficient (Wildman–Crippen LogP) is 1.21. The molecule has 4 heteroatoms. The molecule has 0 unspecified atom stereocenters. The molecule has 1 aromatic heterocycles. The summed E-state index contributed by atoms with van der Waals surface area (Å²) in [5.41, 5.74) is 6.97. The van der Waals surface area contributed by atoms with Crippen LogP contribution in [0.3, 0.4) is 0 Å². The number of nitrogens with two attached hydrogens (primary N) is 1. The van der Waals surface area contributed by atoms with E-state index in [0.29, 0.717) is 10.4 Å². The van der Waals surface area contributed by atoms with Crippen molar-refractivity contribution in [2.24, 2.45) is 10.8 Å². The average molecular weight is 203 g/mol. The van der Waals surface area contributed by atoms with Gasteiger partial charge in [0.1, 0.15) is 18.7 Å². The Labute approximate surface area is 89.0 Å². The van der Waals surface area contributed by atoms with Crippen LogP contribution in [0.15, 0.2) is 23.4 Å². The van der Waals surface area contributed by atoms with Crippen molar-refractivity contribution in [2.45, 2.75) is 19.3 Å². The molecule has 0 aromatic carbocycles. The maximum Gasteiger partial charge on any atom is 0.265 e. The van der Waals surface area contributed by atoms with E-state index in [-0.39, 0.29) is 0 Å². The molecule has 0 radical (unpaired) electrons. The Balaban J connectivity index is 2.13. The third-order valence-corrected chi connectivity index (χ3v) is 3.31. The standard InChI is InChI=1S/C11H15N4/c12-10-9-5-4-6-13-11(9)15(14-10)7-2-1-3-8-15/h4-6H,1-3,7-8H2,(H2,12,14)/q+1. The number of pyridine rings is 1. The molecule has 1 saturated heterocycles. The Hall–Kier alpha value is -1.42. The quantitative estimate of drug-likeness (QED) is 0.644. The van der Waals surface area contributed by atoms with Gasteiger partial charge >= 0.3 is 0 Å². The average Bonchev–Trinajstić information content (AvgIpc) is 2.55. The van der Waals surface area contributed by atoms with E-state index < -0.39 is 0 Å². The van der Waals surface area contributed by atoms with Crippen molar-refractivity contribution in [3.8, 4) is 0 Å². The molecule has 1 spiro atoms. The predicted molar refractivity (Wildman–Crippen MR) is 60.3 cm³/mol. The smallest absolute Gasteiger partial charge is 0.265 e. The fraction of sp³-hybridized carbons (Fsp3) is 0.455. The van der Waals surface area contributed by atoms with Gasteiger partial charge in [-0.2, -0.15) is 0 Å². The molecule has 15 heavy (non-hydrogen) atoms. The minimum absolute atomic E-state index is 0.641. The van der Waals surface area contributed by atoms with Crippen LogP contribution in [0.1, 0.15) is 24.8 Å². The van der Waals surface area contributed by atoms with Crippen LogP contribution in [0.4, 0.5) is 5.82 Å². The van der Waals surface area contributed by atoms with E-state index in [1.54, 1.807) is 0 Å². The highest BCUT2D eigenvalue weighted by Gasteiger charge is 2.42. The molecule has 3 heterocycles. The van der Waals surface area contributed by atoms with E-state index in [4.69, 9.17) is 5.73 Å². The number of nitrogens with zero attached hydrogens (tertiary/aromatic N) is 3. The lowest BCUT2D eigenvalue weighted by molar-refractivity contribution is 0.238. The summed E-state index contributed by atoms with van der Waals surface area (Å²) in [6, 6.07) is 3.94. The van der Waals surface area contributed by atoms with Crippen molar-refractivity contribution in [3.63, 3.8) is 0 Å². The summed E-state index contributed by atoms with van der Waals surface area (Å²) in [6.07, 6.45) is 5.57. The van der Waals surface area contributed by atoms with Gasteiger partial charge in [-0.15, -0.1) is 4.59 Å². The molecule has 1 fully saturated rings. The van der Waals surface area contributed by atoms with Crippen LogP contribution in [-0.2, 0) is 0 Å². The van der Waals surface area contributed by atoms with Gasteiger partial charge in [0.05, 0.1) is 0 Å². The highest BCUT2D eigenvalue weighted by atomic mass is 15.7. The van der Waals surface area contributed by atoms with E-state index in [2.05, 4.69) is 10.1 Å². The topological polar surface area (TPSA) is 51.3 Å². The second-order valence-electron chi connectivity index (χ2n) is 4.29. The molecule has 0 atom stereocenters. The minimum atomic E-state index is 0.641. The normalized spacial score (nSPS) is 22.5. The van der Waals surface area contributed by atoms with Crippen molar-refractivity contribution in [1.29, 1.82) is 0 Å². The largest absolute Gasteiger partial charge is 0.379 e. The van der Waals surface area contributed by atoms with Crippen molar-refractivity contribution in [1.82, 2.24) is 9.58 Å². The highest BCUT2D eigenvalue weighted by molar-refractivity contribution is 6.04. The molecule has 0 aliphatic carbocycles. The Morgan fingerprint density at radius 3 is 2.80 bits per heavy atom. The Morgan fingerprint density at radius 1 is 1.20 bits per heavy atom. The molecule has 0 bridgehead atoms. The van der Waals surface area contributed by atoms with E-state index in [1.807, 2.05) is 18.3 Å². The van der Waals surface area contributed by atoms with Crippen LogP contribution in [0.5, 0.6) is 0 Å². The van der Waals surface area contributed by atoms with Gasteiger partial charge in [-0.05, 0) is 31.4 Å². The zero-order valence-corrected chi connectivity index (χ0v) is 8.69.